The van der Waals surface area contributed by atoms with Gasteiger partial charge in [-0.25, -0.2) is 0 Å². The van der Waals surface area contributed by atoms with E-state index in [1.54, 1.807) is 12.4 Å². The smallest absolute Gasteiger partial charge is 0.293 e. The normalized spacial score (nSPS) is 14.9. The summed E-state index contributed by atoms with van der Waals surface area (Å²) in [6.45, 7) is 7.32. The Kier molecular flexibility index (Phi) is 9.62. The second-order valence-corrected chi connectivity index (χ2v) is 10.2. The van der Waals surface area contributed by atoms with E-state index in [0.29, 0.717) is 25.6 Å². The fourth-order valence-corrected chi connectivity index (χ4v) is 4.79. The largest absolute Gasteiger partial charge is 0.492 e. The zero-order chi connectivity index (χ0) is 26.9. The van der Waals surface area contributed by atoms with Gasteiger partial charge in [0.1, 0.15) is 12.4 Å². The Balaban J connectivity index is 0.000000426. The van der Waals surface area contributed by atoms with E-state index in [2.05, 4.69) is 68.4 Å². The topological polar surface area (TPSA) is 79.5 Å². The molecule has 0 saturated heterocycles. The molecule has 1 aliphatic heterocycles. The molecule has 0 bridgehead atoms. The van der Waals surface area contributed by atoms with Crippen molar-refractivity contribution in [2.24, 2.45) is 5.92 Å². The van der Waals surface area contributed by atoms with E-state index in [1.807, 2.05) is 32.0 Å². The van der Waals surface area contributed by atoms with Crippen molar-refractivity contribution in [3.8, 4) is 5.75 Å². The van der Waals surface area contributed by atoms with Gasteiger partial charge in [0.2, 0.25) is 0 Å². The van der Waals surface area contributed by atoms with Gasteiger partial charge in [0, 0.05) is 52.8 Å². The summed E-state index contributed by atoms with van der Waals surface area (Å²) >= 11 is 6.26. The van der Waals surface area contributed by atoms with Crippen molar-refractivity contribution in [1.29, 1.82) is 0 Å². The number of anilines is 1. The van der Waals surface area contributed by atoms with Gasteiger partial charge in [-0.05, 0) is 73.0 Å². The predicted octanol–water partition coefficient (Wildman–Crippen LogP) is 6.10. The SMILES string of the molecule is CC(C)COC=O.CN1CCc2c([nH]c3ccc(Cl)cc23)C1c1ccc(OCCNc2ccncc2)cc1. The summed E-state index contributed by atoms with van der Waals surface area (Å²) < 4.78 is 10.3. The molecule has 1 unspecified atom stereocenters. The second-order valence-electron chi connectivity index (χ2n) is 9.74. The van der Waals surface area contributed by atoms with Crippen molar-refractivity contribution in [3.05, 3.63) is 88.8 Å². The lowest BCUT2D eigenvalue weighted by Crippen LogP contribution is -2.32. The van der Waals surface area contributed by atoms with Crippen molar-refractivity contribution in [1.82, 2.24) is 14.9 Å². The molecule has 8 heteroatoms. The molecule has 0 spiro atoms. The van der Waals surface area contributed by atoms with Gasteiger partial charge in [-0.3, -0.25) is 14.7 Å². The molecule has 1 atom stereocenters. The fraction of sp³-hybridized carbons (Fsp3) is 0.333. The molecule has 200 valence electrons. The number of aromatic nitrogens is 2. The van der Waals surface area contributed by atoms with E-state index < -0.39 is 0 Å². The standard InChI is InChI=1S/C25H25ClN4O.C5H10O2/c1-30-14-10-21-22-16-18(26)4-7-23(22)29-24(21)25(30)17-2-5-20(6-3-17)31-15-13-28-19-8-11-27-12-9-19;1-5(2)3-7-4-6/h2-9,11-12,16,25,29H,10,13-15H2,1H3,(H,27,28);4-5H,3H2,1-2H3. The molecule has 0 fully saturated rings. The summed E-state index contributed by atoms with van der Waals surface area (Å²) in [4.78, 5) is 19.6. The third-order valence-corrected chi connectivity index (χ3v) is 6.64. The highest BCUT2D eigenvalue weighted by atomic mass is 35.5. The predicted molar refractivity (Wildman–Crippen MR) is 153 cm³/mol. The number of likely N-dealkylation sites (N-methyl/N-ethyl adjacent to an activating group) is 1. The Morgan fingerprint density at radius 1 is 1.16 bits per heavy atom. The van der Waals surface area contributed by atoms with Gasteiger partial charge in [0.05, 0.1) is 12.6 Å². The molecule has 2 aromatic heterocycles. The van der Waals surface area contributed by atoms with Crippen LogP contribution in [-0.2, 0) is 16.0 Å². The van der Waals surface area contributed by atoms with Gasteiger partial charge in [-0.1, -0.05) is 37.6 Å². The van der Waals surface area contributed by atoms with Gasteiger partial charge in [0.25, 0.3) is 6.47 Å². The van der Waals surface area contributed by atoms with E-state index in [-0.39, 0.29) is 6.04 Å². The molecule has 7 nitrogen and oxygen atoms in total. The molecular weight excluding hydrogens is 500 g/mol. The molecule has 38 heavy (non-hydrogen) atoms. The van der Waals surface area contributed by atoms with Gasteiger partial charge < -0.3 is 19.8 Å². The highest BCUT2D eigenvalue weighted by Crippen LogP contribution is 2.38. The number of nitrogens with zero attached hydrogens (tertiary/aromatic N) is 2. The minimum atomic E-state index is 0.192. The zero-order valence-corrected chi connectivity index (χ0v) is 22.9. The molecule has 0 amide bonds. The minimum Gasteiger partial charge on any atom is -0.492 e. The van der Waals surface area contributed by atoms with Crippen molar-refractivity contribution in [2.45, 2.75) is 26.3 Å². The second kappa shape index (κ2) is 13.3. The maximum Gasteiger partial charge on any atom is 0.293 e. The molecule has 3 heterocycles. The Morgan fingerprint density at radius 3 is 2.61 bits per heavy atom. The quantitative estimate of drug-likeness (QED) is 0.199. The number of nitrogens with one attached hydrogen (secondary N) is 2. The summed E-state index contributed by atoms with van der Waals surface area (Å²) in [5, 5.41) is 5.35. The number of rotatable bonds is 9. The number of fused-ring (bicyclic) bond motifs is 3. The van der Waals surface area contributed by atoms with Crippen LogP contribution in [0, 0.1) is 5.92 Å². The van der Waals surface area contributed by atoms with E-state index in [9.17, 15) is 4.79 Å². The number of carbonyl (C=O) groups excluding carboxylic acids is 1. The van der Waals surface area contributed by atoms with E-state index >= 15 is 0 Å². The van der Waals surface area contributed by atoms with Gasteiger partial charge in [-0.2, -0.15) is 0 Å². The number of halogens is 1. The molecule has 2 aromatic carbocycles. The first-order chi connectivity index (χ1) is 18.5. The van der Waals surface area contributed by atoms with Crippen LogP contribution in [0.5, 0.6) is 5.75 Å². The Labute approximate surface area is 229 Å². The molecule has 2 N–H and O–H groups in total. The van der Waals surface area contributed by atoms with Crippen LogP contribution in [0.2, 0.25) is 5.02 Å². The molecule has 1 aliphatic rings. The van der Waals surface area contributed by atoms with Crippen LogP contribution >= 0.6 is 11.6 Å². The third-order valence-electron chi connectivity index (χ3n) is 6.40. The van der Waals surface area contributed by atoms with Crippen LogP contribution in [0.4, 0.5) is 5.69 Å². The van der Waals surface area contributed by atoms with Gasteiger partial charge in [0.15, 0.2) is 0 Å². The third kappa shape index (κ3) is 7.05. The number of ether oxygens (including phenoxy) is 2. The maximum absolute atomic E-state index is 9.49. The lowest BCUT2D eigenvalue weighted by molar-refractivity contribution is -0.129. The number of aromatic amines is 1. The van der Waals surface area contributed by atoms with Gasteiger partial charge >= 0.3 is 0 Å². The lowest BCUT2D eigenvalue weighted by Gasteiger charge is -2.33. The van der Waals surface area contributed by atoms with Crippen LogP contribution in [0.25, 0.3) is 10.9 Å². The molecular formula is C30H35ClN4O3. The van der Waals surface area contributed by atoms with Crippen LogP contribution < -0.4 is 10.1 Å². The maximum atomic E-state index is 9.49. The zero-order valence-electron chi connectivity index (χ0n) is 22.1. The molecule has 0 radical (unpaired) electrons. The number of carbonyl (C=O) groups is 1. The first kappa shape index (κ1) is 27.5. The number of hydrogen-bond donors (Lipinski definition) is 2. The minimum absolute atomic E-state index is 0.192. The number of pyridine rings is 1. The highest BCUT2D eigenvalue weighted by Gasteiger charge is 2.29. The van der Waals surface area contributed by atoms with E-state index in [0.717, 1.165) is 41.5 Å². The van der Waals surface area contributed by atoms with Crippen LogP contribution in [0.1, 0.15) is 36.7 Å². The molecule has 4 aromatic rings. The molecule has 0 aliphatic carbocycles. The van der Waals surface area contributed by atoms with Crippen molar-refractivity contribution in [2.75, 3.05) is 38.7 Å². The Bertz CT molecular complexity index is 1310. The lowest BCUT2D eigenvalue weighted by atomic mass is 9.93. The summed E-state index contributed by atoms with van der Waals surface area (Å²) in [5.74, 6) is 1.33. The van der Waals surface area contributed by atoms with Gasteiger partial charge in [-0.15, -0.1) is 0 Å². The number of H-pyrrole nitrogens is 1. The van der Waals surface area contributed by atoms with Crippen molar-refractivity contribution < 1.29 is 14.3 Å². The number of benzene rings is 2. The van der Waals surface area contributed by atoms with Crippen molar-refractivity contribution >= 4 is 34.7 Å². The number of hydrogen-bond acceptors (Lipinski definition) is 6. The monoisotopic (exact) mass is 534 g/mol. The summed E-state index contributed by atoms with van der Waals surface area (Å²) in [5.41, 5.74) is 6.09. The first-order valence-corrected chi connectivity index (χ1v) is 13.3. The highest BCUT2D eigenvalue weighted by molar-refractivity contribution is 6.31. The van der Waals surface area contributed by atoms with E-state index in [1.165, 1.54) is 22.2 Å². The fourth-order valence-electron chi connectivity index (χ4n) is 4.61. The molecule has 0 saturated carbocycles. The summed E-state index contributed by atoms with van der Waals surface area (Å²) in [6.07, 6.45) is 4.57. The van der Waals surface area contributed by atoms with E-state index in [4.69, 9.17) is 16.3 Å². The average Bonchev–Trinajstić information content (AvgIpc) is 3.29. The Morgan fingerprint density at radius 2 is 1.92 bits per heavy atom. The first-order valence-electron chi connectivity index (χ1n) is 12.9. The Hall–Kier alpha value is -3.55. The van der Waals surface area contributed by atoms with Crippen molar-refractivity contribution in [3.63, 3.8) is 0 Å². The van der Waals surface area contributed by atoms with Crippen LogP contribution in [0.3, 0.4) is 0 Å². The van der Waals surface area contributed by atoms with Crippen LogP contribution in [-0.4, -0.2) is 54.7 Å². The molecule has 5 rings (SSSR count). The summed E-state index contributed by atoms with van der Waals surface area (Å²) in [7, 11) is 2.18. The van der Waals surface area contributed by atoms with Crippen LogP contribution in [0.15, 0.2) is 67.0 Å². The average molecular weight is 535 g/mol. The summed E-state index contributed by atoms with van der Waals surface area (Å²) in [6, 6.07) is 18.6.